The SMILES string of the molecule is CSCCCCCNCC(O)CN1CCOCC1. The maximum Gasteiger partial charge on any atom is 0.0791 e. The third-order valence-electron chi connectivity index (χ3n) is 3.15. The lowest BCUT2D eigenvalue weighted by Crippen LogP contribution is -2.43. The zero-order valence-electron chi connectivity index (χ0n) is 11.6. The highest BCUT2D eigenvalue weighted by atomic mass is 32.2. The molecule has 0 saturated carbocycles. The Morgan fingerprint density at radius 1 is 1.28 bits per heavy atom. The van der Waals surface area contributed by atoms with E-state index in [9.17, 15) is 5.11 Å². The van der Waals surface area contributed by atoms with E-state index in [0.717, 1.165) is 39.4 Å². The van der Waals surface area contributed by atoms with E-state index in [1.807, 2.05) is 11.8 Å². The van der Waals surface area contributed by atoms with Crippen molar-refractivity contribution in [3.05, 3.63) is 0 Å². The molecular weight excluding hydrogens is 248 g/mol. The molecule has 1 saturated heterocycles. The van der Waals surface area contributed by atoms with Crippen LogP contribution in [-0.4, -0.2) is 74.1 Å². The Bertz CT molecular complexity index is 190. The van der Waals surface area contributed by atoms with Crippen LogP contribution in [0.15, 0.2) is 0 Å². The van der Waals surface area contributed by atoms with Gasteiger partial charge < -0.3 is 15.2 Å². The zero-order valence-corrected chi connectivity index (χ0v) is 12.4. The lowest BCUT2D eigenvalue weighted by atomic mass is 10.2. The van der Waals surface area contributed by atoms with E-state index in [-0.39, 0.29) is 6.10 Å². The second kappa shape index (κ2) is 11.1. The van der Waals surface area contributed by atoms with Crippen LogP contribution in [0.2, 0.25) is 0 Å². The van der Waals surface area contributed by atoms with Gasteiger partial charge in [-0.25, -0.2) is 0 Å². The van der Waals surface area contributed by atoms with Crippen LogP contribution in [0.4, 0.5) is 0 Å². The number of hydrogen-bond acceptors (Lipinski definition) is 5. The van der Waals surface area contributed by atoms with Gasteiger partial charge in [-0.15, -0.1) is 0 Å². The van der Waals surface area contributed by atoms with Gasteiger partial charge in [0.05, 0.1) is 19.3 Å². The van der Waals surface area contributed by atoms with E-state index in [2.05, 4.69) is 16.5 Å². The number of unbranched alkanes of at least 4 members (excludes halogenated alkanes) is 2. The monoisotopic (exact) mass is 276 g/mol. The Kier molecular flexibility index (Phi) is 9.98. The van der Waals surface area contributed by atoms with Crippen LogP contribution in [0.3, 0.4) is 0 Å². The number of hydrogen-bond donors (Lipinski definition) is 2. The summed E-state index contributed by atoms with van der Waals surface area (Å²) in [7, 11) is 0. The number of rotatable bonds is 10. The molecule has 18 heavy (non-hydrogen) atoms. The molecule has 2 N–H and O–H groups in total. The van der Waals surface area contributed by atoms with E-state index in [0.29, 0.717) is 6.54 Å². The van der Waals surface area contributed by atoms with Crippen molar-refractivity contribution in [3.8, 4) is 0 Å². The molecule has 1 aliphatic heterocycles. The average molecular weight is 276 g/mol. The summed E-state index contributed by atoms with van der Waals surface area (Å²) in [6.45, 7) is 6.00. The van der Waals surface area contributed by atoms with Crippen molar-refractivity contribution >= 4 is 11.8 Å². The number of ether oxygens (including phenoxy) is 1. The molecule has 1 heterocycles. The topological polar surface area (TPSA) is 44.7 Å². The second-order valence-electron chi connectivity index (χ2n) is 4.82. The van der Waals surface area contributed by atoms with E-state index in [1.165, 1.54) is 25.0 Å². The average Bonchev–Trinajstić information content (AvgIpc) is 2.39. The van der Waals surface area contributed by atoms with Crippen molar-refractivity contribution in [2.45, 2.75) is 25.4 Å². The van der Waals surface area contributed by atoms with E-state index < -0.39 is 0 Å². The molecule has 0 radical (unpaired) electrons. The van der Waals surface area contributed by atoms with Crippen molar-refractivity contribution in [2.24, 2.45) is 0 Å². The third-order valence-corrected chi connectivity index (χ3v) is 3.85. The standard InChI is InChI=1S/C13H28N2O2S/c1-18-10-4-2-3-5-14-11-13(16)12-15-6-8-17-9-7-15/h13-14,16H,2-12H2,1H3. The number of aliphatic hydroxyl groups is 1. The predicted octanol–water partition coefficient (Wildman–Crippen LogP) is 0.802. The van der Waals surface area contributed by atoms with Crippen LogP contribution in [0.25, 0.3) is 0 Å². The van der Waals surface area contributed by atoms with Crippen molar-refractivity contribution in [1.82, 2.24) is 10.2 Å². The largest absolute Gasteiger partial charge is 0.390 e. The minimum absolute atomic E-state index is 0.255. The van der Waals surface area contributed by atoms with Crippen LogP contribution in [0, 0.1) is 0 Å². The highest BCUT2D eigenvalue weighted by Gasteiger charge is 2.14. The van der Waals surface area contributed by atoms with Crippen LogP contribution in [-0.2, 0) is 4.74 Å². The molecule has 1 aliphatic rings. The Labute approximate surface area is 115 Å². The molecular formula is C13H28N2O2S. The highest BCUT2D eigenvalue weighted by molar-refractivity contribution is 7.98. The first-order valence-electron chi connectivity index (χ1n) is 7.00. The maximum absolute atomic E-state index is 9.89. The fourth-order valence-corrected chi connectivity index (χ4v) is 2.58. The van der Waals surface area contributed by atoms with Gasteiger partial charge in [0.2, 0.25) is 0 Å². The summed E-state index contributed by atoms with van der Waals surface area (Å²) in [6, 6.07) is 0. The van der Waals surface area contributed by atoms with E-state index in [1.54, 1.807) is 0 Å². The van der Waals surface area contributed by atoms with E-state index >= 15 is 0 Å². The summed E-state index contributed by atoms with van der Waals surface area (Å²) >= 11 is 1.91. The van der Waals surface area contributed by atoms with Crippen LogP contribution < -0.4 is 5.32 Å². The summed E-state index contributed by atoms with van der Waals surface area (Å²) in [5.74, 6) is 1.26. The van der Waals surface area contributed by atoms with Crippen molar-refractivity contribution in [1.29, 1.82) is 0 Å². The van der Waals surface area contributed by atoms with Gasteiger partial charge in [0.25, 0.3) is 0 Å². The summed E-state index contributed by atoms with van der Waals surface area (Å²) in [6.07, 6.45) is 5.70. The quantitative estimate of drug-likeness (QED) is 0.578. The molecule has 0 amide bonds. The summed E-state index contributed by atoms with van der Waals surface area (Å²) < 4.78 is 5.29. The smallest absolute Gasteiger partial charge is 0.0791 e. The molecule has 0 aliphatic carbocycles. The first-order valence-corrected chi connectivity index (χ1v) is 8.40. The lowest BCUT2D eigenvalue weighted by Gasteiger charge is -2.28. The van der Waals surface area contributed by atoms with Gasteiger partial charge >= 0.3 is 0 Å². The molecule has 0 aromatic carbocycles. The Balaban J connectivity index is 1.88. The molecule has 1 fully saturated rings. The van der Waals surface area contributed by atoms with Crippen molar-refractivity contribution < 1.29 is 9.84 Å². The van der Waals surface area contributed by atoms with E-state index in [4.69, 9.17) is 4.74 Å². The first kappa shape index (κ1) is 16.2. The number of nitrogens with zero attached hydrogens (tertiary/aromatic N) is 1. The summed E-state index contributed by atoms with van der Waals surface area (Å²) in [5.41, 5.74) is 0. The first-order chi connectivity index (χ1) is 8.83. The number of nitrogens with one attached hydrogen (secondary N) is 1. The van der Waals surface area contributed by atoms with Gasteiger partial charge in [0.15, 0.2) is 0 Å². The Morgan fingerprint density at radius 3 is 2.78 bits per heavy atom. The van der Waals surface area contributed by atoms with Gasteiger partial charge in [-0.2, -0.15) is 11.8 Å². The number of morpholine rings is 1. The fourth-order valence-electron chi connectivity index (χ4n) is 2.09. The molecule has 1 atom stereocenters. The van der Waals surface area contributed by atoms with Gasteiger partial charge in [-0.05, 0) is 31.4 Å². The van der Waals surface area contributed by atoms with Gasteiger partial charge in [-0.1, -0.05) is 6.42 Å². The summed E-state index contributed by atoms with van der Waals surface area (Å²) in [4.78, 5) is 2.27. The Morgan fingerprint density at radius 2 is 2.06 bits per heavy atom. The number of aliphatic hydroxyl groups excluding tert-OH is 1. The highest BCUT2D eigenvalue weighted by Crippen LogP contribution is 2.01. The van der Waals surface area contributed by atoms with Crippen LogP contribution in [0.5, 0.6) is 0 Å². The maximum atomic E-state index is 9.89. The van der Waals surface area contributed by atoms with Crippen LogP contribution in [0.1, 0.15) is 19.3 Å². The molecule has 1 rings (SSSR count). The molecule has 5 heteroatoms. The second-order valence-corrected chi connectivity index (χ2v) is 5.81. The van der Waals surface area contributed by atoms with Crippen molar-refractivity contribution in [2.75, 3.05) is 57.9 Å². The number of β-amino-alcohol motifs (C(OH)–C–C–N with tert-alkyl or cyclic N) is 1. The molecule has 0 aromatic heterocycles. The summed E-state index contributed by atoms with van der Waals surface area (Å²) in [5, 5.41) is 13.2. The predicted molar refractivity (Wildman–Crippen MR) is 78.4 cm³/mol. The normalized spacial score (nSPS) is 19.0. The fraction of sp³-hybridized carbons (Fsp3) is 1.00. The van der Waals surface area contributed by atoms with Crippen molar-refractivity contribution in [3.63, 3.8) is 0 Å². The zero-order chi connectivity index (χ0) is 13.1. The minimum atomic E-state index is -0.255. The molecule has 108 valence electrons. The van der Waals surface area contributed by atoms with Gasteiger partial charge in [-0.3, -0.25) is 4.90 Å². The lowest BCUT2D eigenvalue weighted by molar-refractivity contribution is 0.0149. The molecule has 0 bridgehead atoms. The third kappa shape index (κ3) is 8.32. The number of thioether (sulfide) groups is 1. The molecule has 0 spiro atoms. The molecule has 1 unspecified atom stereocenters. The van der Waals surface area contributed by atoms with Gasteiger partial charge in [0.1, 0.15) is 0 Å². The minimum Gasteiger partial charge on any atom is -0.390 e. The Hall–Kier alpha value is 0.190. The van der Waals surface area contributed by atoms with Gasteiger partial charge in [0, 0.05) is 26.2 Å². The van der Waals surface area contributed by atoms with Crippen LogP contribution >= 0.6 is 11.8 Å². The molecule has 4 nitrogen and oxygen atoms in total. The molecule has 0 aromatic rings.